The minimum Gasteiger partial charge on any atom is -0.495 e. The molecule has 1 amide bonds. The molecule has 1 aromatic heterocycles. The molecule has 0 atom stereocenters. The van der Waals surface area contributed by atoms with Crippen LogP contribution in [0.25, 0.3) is 22.0 Å². The maximum atomic E-state index is 13.4. The van der Waals surface area contributed by atoms with Crippen LogP contribution < -0.4 is 19.6 Å². The molecule has 0 unspecified atom stereocenters. The Balaban J connectivity index is 1.38. The number of halogens is 1. The number of esters is 1. The number of aromatic amines is 1. The van der Waals surface area contributed by atoms with Crippen LogP contribution >= 0.6 is 15.9 Å². The molecule has 41 heavy (non-hydrogen) atoms. The lowest BCUT2D eigenvalue weighted by Gasteiger charge is -2.10. The zero-order chi connectivity index (χ0) is 28.9. The van der Waals surface area contributed by atoms with Crippen LogP contribution in [0.15, 0.2) is 94.5 Å². The smallest absolute Gasteiger partial charge is 0.343 e. The molecular formula is C32H26BrN3O5. The average Bonchev–Trinajstić information content (AvgIpc) is 3.40. The minimum atomic E-state index is -0.493. The van der Waals surface area contributed by atoms with Crippen molar-refractivity contribution in [3.05, 3.63) is 112 Å². The lowest BCUT2D eigenvalue weighted by molar-refractivity contribution is 0.0729. The molecule has 0 fully saturated rings. The lowest BCUT2D eigenvalue weighted by Crippen LogP contribution is -2.18. The summed E-state index contributed by atoms with van der Waals surface area (Å²) in [6, 6.07) is 25.4. The summed E-state index contributed by atoms with van der Waals surface area (Å²) in [6.07, 6.45) is 1.48. The molecule has 0 aliphatic heterocycles. The number of benzene rings is 4. The molecule has 4 aromatic carbocycles. The van der Waals surface area contributed by atoms with Gasteiger partial charge in [0.05, 0.1) is 31.5 Å². The molecule has 0 spiro atoms. The van der Waals surface area contributed by atoms with Gasteiger partial charge in [0.25, 0.3) is 5.91 Å². The molecule has 0 aliphatic carbocycles. The second-order valence-corrected chi connectivity index (χ2v) is 9.96. The van der Waals surface area contributed by atoms with Gasteiger partial charge in [-0.15, -0.1) is 0 Å². The monoisotopic (exact) mass is 611 g/mol. The van der Waals surface area contributed by atoms with Crippen LogP contribution in [0.4, 0.5) is 0 Å². The van der Waals surface area contributed by atoms with E-state index in [4.69, 9.17) is 14.2 Å². The summed E-state index contributed by atoms with van der Waals surface area (Å²) in [4.78, 5) is 29.1. The third-order valence-electron chi connectivity index (χ3n) is 6.43. The van der Waals surface area contributed by atoms with Crippen LogP contribution in [-0.4, -0.2) is 37.3 Å². The quantitative estimate of drug-likeness (QED) is 0.0859. The number of methoxy groups -OCH3 is 2. The molecule has 5 aromatic rings. The fraction of sp³-hybridized carbons (Fsp3) is 0.0938. The molecule has 0 aliphatic rings. The van der Waals surface area contributed by atoms with Crippen molar-refractivity contribution >= 4 is 44.9 Å². The molecule has 1 heterocycles. The van der Waals surface area contributed by atoms with E-state index in [9.17, 15) is 9.59 Å². The zero-order valence-corrected chi connectivity index (χ0v) is 24.1. The number of aromatic nitrogens is 1. The number of aryl methyl sites for hydroxylation is 1. The summed E-state index contributed by atoms with van der Waals surface area (Å²) in [5, 5.41) is 4.98. The van der Waals surface area contributed by atoms with Gasteiger partial charge in [-0.3, -0.25) is 4.79 Å². The van der Waals surface area contributed by atoms with E-state index in [0.29, 0.717) is 33.8 Å². The van der Waals surface area contributed by atoms with E-state index in [1.165, 1.54) is 13.3 Å². The number of ether oxygens (including phenoxy) is 3. The molecule has 8 nitrogen and oxygen atoms in total. The standard InChI is InChI=1S/C32H26BrN3O5/c1-19-9-12-22(13-10-19)32(38)41-24-15-11-20(17-26(24)40-3)18-34-36-31(37)30-27(21-7-5-4-6-8-21)28-23(33)14-16-25(39-2)29(28)35-30/h4-18,35H,1-3H3,(H,36,37). The Morgan fingerprint density at radius 2 is 1.59 bits per heavy atom. The van der Waals surface area contributed by atoms with Gasteiger partial charge in [-0.05, 0) is 60.5 Å². The van der Waals surface area contributed by atoms with E-state index < -0.39 is 11.9 Å². The van der Waals surface area contributed by atoms with Crippen molar-refractivity contribution < 1.29 is 23.8 Å². The van der Waals surface area contributed by atoms with Gasteiger partial charge in [-0.25, -0.2) is 10.2 Å². The van der Waals surface area contributed by atoms with Crippen LogP contribution in [0.5, 0.6) is 17.2 Å². The molecule has 0 saturated heterocycles. The highest BCUT2D eigenvalue weighted by molar-refractivity contribution is 9.10. The summed E-state index contributed by atoms with van der Waals surface area (Å²) in [6.45, 7) is 1.94. The number of nitrogens with one attached hydrogen (secondary N) is 2. The molecule has 2 N–H and O–H groups in total. The van der Waals surface area contributed by atoms with Crippen molar-refractivity contribution in [2.75, 3.05) is 14.2 Å². The number of carbonyl (C=O) groups excluding carboxylic acids is 2. The number of nitrogens with zero attached hydrogens (tertiary/aromatic N) is 1. The first kappa shape index (κ1) is 27.7. The highest BCUT2D eigenvalue weighted by Crippen LogP contribution is 2.40. The van der Waals surface area contributed by atoms with Gasteiger partial charge in [0.1, 0.15) is 11.4 Å². The fourth-order valence-electron chi connectivity index (χ4n) is 4.39. The predicted molar refractivity (Wildman–Crippen MR) is 162 cm³/mol. The van der Waals surface area contributed by atoms with Crippen molar-refractivity contribution in [2.45, 2.75) is 6.92 Å². The topological polar surface area (TPSA) is 102 Å². The van der Waals surface area contributed by atoms with E-state index in [1.807, 2.05) is 61.5 Å². The maximum absolute atomic E-state index is 13.4. The van der Waals surface area contributed by atoms with E-state index in [1.54, 1.807) is 37.4 Å². The number of carbonyl (C=O) groups is 2. The zero-order valence-electron chi connectivity index (χ0n) is 22.5. The van der Waals surface area contributed by atoms with Gasteiger partial charge in [-0.2, -0.15) is 5.10 Å². The number of H-pyrrole nitrogens is 1. The van der Waals surface area contributed by atoms with Crippen LogP contribution in [0.3, 0.4) is 0 Å². The molecule has 5 rings (SSSR count). The van der Waals surface area contributed by atoms with Crippen molar-refractivity contribution in [3.63, 3.8) is 0 Å². The summed E-state index contributed by atoms with van der Waals surface area (Å²) in [7, 11) is 3.06. The second kappa shape index (κ2) is 12.1. The largest absolute Gasteiger partial charge is 0.495 e. The van der Waals surface area contributed by atoms with E-state index in [2.05, 4.69) is 31.4 Å². The second-order valence-electron chi connectivity index (χ2n) is 9.11. The van der Waals surface area contributed by atoms with E-state index in [-0.39, 0.29) is 5.75 Å². The van der Waals surface area contributed by atoms with Crippen LogP contribution in [0.1, 0.15) is 32.0 Å². The number of amides is 1. The van der Waals surface area contributed by atoms with Crippen molar-refractivity contribution in [2.24, 2.45) is 5.10 Å². The highest BCUT2D eigenvalue weighted by Gasteiger charge is 2.23. The Kier molecular flexibility index (Phi) is 8.16. The van der Waals surface area contributed by atoms with E-state index in [0.717, 1.165) is 26.5 Å². The summed E-state index contributed by atoms with van der Waals surface area (Å²) in [5.41, 5.74) is 7.32. The average molecular weight is 612 g/mol. The third kappa shape index (κ3) is 5.85. The number of hydrazone groups is 1. The summed E-state index contributed by atoms with van der Waals surface area (Å²) < 4.78 is 17.3. The predicted octanol–water partition coefficient (Wildman–Crippen LogP) is 6.91. The number of hydrogen-bond acceptors (Lipinski definition) is 6. The van der Waals surface area contributed by atoms with Crippen LogP contribution in [0, 0.1) is 6.92 Å². The van der Waals surface area contributed by atoms with Gasteiger partial charge < -0.3 is 19.2 Å². The SMILES string of the molecule is COc1cc(C=NNC(=O)c2[nH]c3c(OC)ccc(Br)c3c2-c2ccccc2)ccc1OC(=O)c1ccc(C)cc1. The minimum absolute atomic E-state index is 0.268. The van der Waals surface area contributed by atoms with Gasteiger partial charge in [0.15, 0.2) is 11.5 Å². The first-order valence-electron chi connectivity index (χ1n) is 12.6. The number of fused-ring (bicyclic) bond motifs is 1. The third-order valence-corrected chi connectivity index (χ3v) is 7.09. The van der Waals surface area contributed by atoms with Gasteiger partial charge in [0.2, 0.25) is 0 Å². The molecule has 0 radical (unpaired) electrons. The van der Waals surface area contributed by atoms with Crippen molar-refractivity contribution in [1.29, 1.82) is 0 Å². The number of hydrogen-bond donors (Lipinski definition) is 2. The first-order chi connectivity index (χ1) is 19.9. The molecule has 0 saturated carbocycles. The molecule has 0 bridgehead atoms. The molecule has 206 valence electrons. The maximum Gasteiger partial charge on any atom is 0.343 e. The first-order valence-corrected chi connectivity index (χ1v) is 13.4. The highest BCUT2D eigenvalue weighted by atomic mass is 79.9. The van der Waals surface area contributed by atoms with Crippen LogP contribution in [0.2, 0.25) is 0 Å². The molecular weight excluding hydrogens is 586 g/mol. The Bertz CT molecular complexity index is 1760. The van der Waals surface area contributed by atoms with E-state index >= 15 is 0 Å². The van der Waals surface area contributed by atoms with Crippen molar-refractivity contribution in [1.82, 2.24) is 10.4 Å². The number of rotatable bonds is 8. The van der Waals surface area contributed by atoms with Crippen molar-refractivity contribution in [3.8, 4) is 28.4 Å². The van der Waals surface area contributed by atoms with Gasteiger partial charge in [-0.1, -0.05) is 64.0 Å². The normalized spacial score (nSPS) is 11.0. The Morgan fingerprint density at radius 3 is 2.29 bits per heavy atom. The van der Waals surface area contributed by atoms with Gasteiger partial charge >= 0.3 is 5.97 Å². The van der Waals surface area contributed by atoms with Gasteiger partial charge in [0, 0.05) is 15.4 Å². The Labute approximate surface area is 245 Å². The Hall–Kier alpha value is -4.89. The summed E-state index contributed by atoms with van der Waals surface area (Å²) in [5.74, 6) is 0.302. The molecule has 9 heteroatoms. The Morgan fingerprint density at radius 1 is 0.878 bits per heavy atom. The summed E-state index contributed by atoms with van der Waals surface area (Å²) >= 11 is 3.62. The van der Waals surface area contributed by atoms with Crippen LogP contribution in [-0.2, 0) is 0 Å². The lowest BCUT2D eigenvalue weighted by atomic mass is 10.0. The fourth-order valence-corrected chi connectivity index (χ4v) is 4.92.